The topological polar surface area (TPSA) is 70.8 Å². The molecule has 1 unspecified atom stereocenters. The van der Waals surface area contributed by atoms with Crippen LogP contribution in [0.1, 0.15) is 35.2 Å². The number of benzene rings is 1. The van der Waals surface area contributed by atoms with Gasteiger partial charge in [-0.1, -0.05) is 25.1 Å². The highest BCUT2D eigenvalue weighted by Crippen LogP contribution is 2.26. The monoisotopic (exact) mass is 296 g/mol. The molecule has 2 aromatic rings. The van der Waals surface area contributed by atoms with Crippen molar-refractivity contribution in [3.8, 4) is 11.8 Å². The van der Waals surface area contributed by atoms with Gasteiger partial charge in [-0.25, -0.2) is 0 Å². The Morgan fingerprint density at radius 3 is 2.68 bits per heavy atom. The minimum atomic E-state index is 0.214. The minimum absolute atomic E-state index is 0.214. The van der Waals surface area contributed by atoms with Crippen molar-refractivity contribution < 1.29 is 4.74 Å². The van der Waals surface area contributed by atoms with Crippen molar-refractivity contribution in [2.75, 3.05) is 19.0 Å². The largest absolute Gasteiger partial charge is 0.496 e. The highest BCUT2D eigenvalue weighted by molar-refractivity contribution is 5.56. The average Bonchev–Trinajstić information content (AvgIpc) is 2.55. The Bertz CT molecular complexity index is 706. The number of nitrogens with one attached hydrogen (secondary N) is 1. The fourth-order valence-electron chi connectivity index (χ4n) is 2.30. The molecule has 0 saturated carbocycles. The second kappa shape index (κ2) is 6.90. The molecule has 0 fully saturated rings. The Hall–Kier alpha value is -2.61. The Morgan fingerprint density at radius 1 is 1.27 bits per heavy atom. The summed E-state index contributed by atoms with van der Waals surface area (Å²) in [6.07, 6.45) is 0. The van der Waals surface area contributed by atoms with Gasteiger partial charge in [0, 0.05) is 12.5 Å². The van der Waals surface area contributed by atoms with Gasteiger partial charge in [-0.05, 0) is 31.0 Å². The molecule has 5 nitrogen and oxygen atoms in total. The summed E-state index contributed by atoms with van der Waals surface area (Å²) in [7, 11) is 1.67. The van der Waals surface area contributed by atoms with E-state index in [1.807, 2.05) is 38.1 Å². The predicted octanol–water partition coefficient (Wildman–Crippen LogP) is 3.19. The number of methoxy groups -OCH3 is 1. The molecule has 0 aliphatic heterocycles. The molecule has 22 heavy (non-hydrogen) atoms. The van der Waals surface area contributed by atoms with Crippen LogP contribution in [0.25, 0.3) is 0 Å². The first-order chi connectivity index (χ1) is 10.6. The second-order valence-corrected chi connectivity index (χ2v) is 5.27. The van der Waals surface area contributed by atoms with Crippen molar-refractivity contribution >= 4 is 5.82 Å². The van der Waals surface area contributed by atoms with Crippen LogP contribution in [-0.4, -0.2) is 23.9 Å². The lowest BCUT2D eigenvalue weighted by molar-refractivity contribution is 0.407. The number of nitrogens with zero attached hydrogens (tertiary/aromatic N) is 3. The Balaban J connectivity index is 2.17. The molecule has 2 rings (SSSR count). The van der Waals surface area contributed by atoms with Crippen molar-refractivity contribution in [3.63, 3.8) is 0 Å². The van der Waals surface area contributed by atoms with Crippen LogP contribution in [0.5, 0.6) is 5.75 Å². The highest BCUT2D eigenvalue weighted by atomic mass is 16.5. The number of nitriles is 1. The first kappa shape index (κ1) is 15.8. The molecule has 1 aromatic heterocycles. The number of anilines is 1. The smallest absolute Gasteiger partial charge is 0.166 e. The SMILES string of the molecule is COc1ccccc1C(C)CNc1nnc(C)c(C)c1C#N. The molecule has 0 aliphatic carbocycles. The summed E-state index contributed by atoms with van der Waals surface area (Å²) < 4.78 is 5.39. The molecule has 1 aromatic carbocycles. The Kier molecular flexibility index (Phi) is 4.95. The zero-order valence-electron chi connectivity index (χ0n) is 13.3. The van der Waals surface area contributed by atoms with Gasteiger partial charge in [-0.15, -0.1) is 5.10 Å². The van der Waals surface area contributed by atoms with E-state index in [2.05, 4.69) is 28.5 Å². The van der Waals surface area contributed by atoms with E-state index in [1.165, 1.54) is 0 Å². The molecule has 1 heterocycles. The van der Waals surface area contributed by atoms with Crippen LogP contribution in [0.3, 0.4) is 0 Å². The number of hydrogen-bond acceptors (Lipinski definition) is 5. The minimum Gasteiger partial charge on any atom is -0.496 e. The number of aromatic nitrogens is 2. The normalized spacial score (nSPS) is 11.6. The maximum Gasteiger partial charge on any atom is 0.166 e. The average molecular weight is 296 g/mol. The van der Waals surface area contributed by atoms with Crippen LogP contribution in [0.2, 0.25) is 0 Å². The summed E-state index contributed by atoms with van der Waals surface area (Å²) in [5.41, 5.74) is 3.32. The maximum absolute atomic E-state index is 9.31. The summed E-state index contributed by atoms with van der Waals surface area (Å²) in [4.78, 5) is 0. The van der Waals surface area contributed by atoms with Crippen LogP contribution in [0.4, 0.5) is 5.82 Å². The van der Waals surface area contributed by atoms with E-state index < -0.39 is 0 Å². The summed E-state index contributed by atoms with van der Waals surface area (Å²) >= 11 is 0. The summed E-state index contributed by atoms with van der Waals surface area (Å²) in [5, 5.41) is 20.7. The third-order valence-corrected chi connectivity index (χ3v) is 3.81. The lowest BCUT2D eigenvalue weighted by Crippen LogP contribution is -2.14. The van der Waals surface area contributed by atoms with Crippen molar-refractivity contribution in [1.29, 1.82) is 5.26 Å². The molecular formula is C17H20N4O. The second-order valence-electron chi connectivity index (χ2n) is 5.27. The van der Waals surface area contributed by atoms with Crippen molar-refractivity contribution in [3.05, 3.63) is 46.6 Å². The summed E-state index contributed by atoms with van der Waals surface area (Å²) in [6.45, 7) is 6.49. The van der Waals surface area contributed by atoms with E-state index in [0.29, 0.717) is 17.9 Å². The lowest BCUT2D eigenvalue weighted by Gasteiger charge is -2.17. The van der Waals surface area contributed by atoms with Crippen LogP contribution in [0, 0.1) is 25.2 Å². The van der Waals surface area contributed by atoms with Gasteiger partial charge in [-0.2, -0.15) is 10.4 Å². The van der Waals surface area contributed by atoms with E-state index >= 15 is 0 Å². The van der Waals surface area contributed by atoms with Crippen LogP contribution < -0.4 is 10.1 Å². The molecule has 0 saturated heterocycles. The third-order valence-electron chi connectivity index (χ3n) is 3.81. The predicted molar refractivity (Wildman–Crippen MR) is 86.1 cm³/mol. The standard InChI is InChI=1S/C17H20N4O/c1-11(14-7-5-6-8-16(14)22-4)10-19-17-15(9-18)12(2)13(3)20-21-17/h5-8,11H,10H2,1-4H3,(H,19,21). The quantitative estimate of drug-likeness (QED) is 0.917. The van der Waals surface area contributed by atoms with Gasteiger partial charge in [0.05, 0.1) is 12.8 Å². The lowest BCUT2D eigenvalue weighted by atomic mass is 10.00. The number of aryl methyl sites for hydroxylation is 1. The Labute approximate surface area is 131 Å². The fraction of sp³-hybridized carbons (Fsp3) is 0.353. The zero-order valence-corrected chi connectivity index (χ0v) is 13.3. The fourth-order valence-corrected chi connectivity index (χ4v) is 2.30. The van der Waals surface area contributed by atoms with Gasteiger partial charge < -0.3 is 10.1 Å². The zero-order chi connectivity index (χ0) is 16.1. The first-order valence-electron chi connectivity index (χ1n) is 7.19. The van der Waals surface area contributed by atoms with Gasteiger partial charge in [-0.3, -0.25) is 0 Å². The molecule has 1 N–H and O–H groups in total. The molecule has 0 bridgehead atoms. The summed E-state index contributed by atoms with van der Waals surface area (Å²) in [5.74, 6) is 1.61. The van der Waals surface area contributed by atoms with E-state index in [0.717, 1.165) is 22.6 Å². The van der Waals surface area contributed by atoms with E-state index in [4.69, 9.17) is 4.74 Å². The molecular weight excluding hydrogens is 276 g/mol. The van der Waals surface area contributed by atoms with Gasteiger partial charge in [0.1, 0.15) is 17.4 Å². The van der Waals surface area contributed by atoms with Gasteiger partial charge in [0.25, 0.3) is 0 Å². The first-order valence-corrected chi connectivity index (χ1v) is 7.19. The number of rotatable bonds is 5. The number of para-hydroxylation sites is 1. The molecule has 0 spiro atoms. The van der Waals surface area contributed by atoms with Gasteiger partial charge in [0.2, 0.25) is 0 Å². The molecule has 0 amide bonds. The van der Waals surface area contributed by atoms with Gasteiger partial charge in [0.15, 0.2) is 5.82 Å². The van der Waals surface area contributed by atoms with Crippen molar-refractivity contribution in [2.45, 2.75) is 26.7 Å². The molecule has 0 radical (unpaired) electrons. The van der Waals surface area contributed by atoms with Gasteiger partial charge >= 0.3 is 0 Å². The van der Waals surface area contributed by atoms with Crippen LogP contribution >= 0.6 is 0 Å². The molecule has 5 heteroatoms. The molecule has 0 aliphatic rings. The Morgan fingerprint density at radius 2 is 2.00 bits per heavy atom. The van der Waals surface area contributed by atoms with Crippen molar-refractivity contribution in [1.82, 2.24) is 10.2 Å². The van der Waals surface area contributed by atoms with Crippen molar-refractivity contribution in [2.24, 2.45) is 0 Å². The van der Waals surface area contributed by atoms with E-state index in [-0.39, 0.29) is 5.92 Å². The molecule has 1 atom stereocenters. The highest BCUT2D eigenvalue weighted by Gasteiger charge is 2.14. The summed E-state index contributed by atoms with van der Waals surface area (Å²) in [6, 6.07) is 10.1. The van der Waals surface area contributed by atoms with Crippen LogP contribution in [-0.2, 0) is 0 Å². The molecule has 114 valence electrons. The number of hydrogen-bond donors (Lipinski definition) is 1. The van der Waals surface area contributed by atoms with E-state index in [1.54, 1.807) is 7.11 Å². The maximum atomic E-state index is 9.31. The van der Waals surface area contributed by atoms with Crippen LogP contribution in [0.15, 0.2) is 24.3 Å². The van der Waals surface area contributed by atoms with E-state index in [9.17, 15) is 5.26 Å². The third kappa shape index (κ3) is 3.17. The number of ether oxygens (including phenoxy) is 1.